The Morgan fingerprint density at radius 1 is 1.21 bits per heavy atom. The van der Waals surface area contributed by atoms with Crippen LogP contribution in [0.2, 0.25) is 0 Å². The molecule has 0 unspecified atom stereocenters. The average Bonchev–Trinajstić information content (AvgIpc) is 2.02. The fourth-order valence-corrected chi connectivity index (χ4v) is 2.38. The summed E-state index contributed by atoms with van der Waals surface area (Å²) in [5.74, 6) is 0. The quantitative estimate of drug-likeness (QED) is 0.668. The molecule has 0 N–H and O–H groups in total. The van der Waals surface area contributed by atoms with Gasteiger partial charge in [0.15, 0.2) is 0 Å². The largest absolute Gasteiger partial charge is 0.299 e. The van der Waals surface area contributed by atoms with Crippen molar-refractivity contribution in [1.82, 2.24) is 9.80 Å². The molecule has 0 bridgehead atoms. The van der Waals surface area contributed by atoms with Crippen LogP contribution >= 0.6 is 0 Å². The molecule has 0 aromatic heterocycles. The lowest BCUT2D eigenvalue weighted by Gasteiger charge is -2.45. The summed E-state index contributed by atoms with van der Waals surface area (Å²) < 4.78 is 0. The van der Waals surface area contributed by atoms with Gasteiger partial charge in [0.2, 0.25) is 0 Å². The zero-order chi connectivity index (χ0) is 10.7. The summed E-state index contributed by atoms with van der Waals surface area (Å²) in [6, 6.07) is 2.17. The summed E-state index contributed by atoms with van der Waals surface area (Å²) in [6.45, 7) is 15.2. The lowest BCUT2D eigenvalue weighted by Crippen LogP contribution is -2.55. The smallest absolute Gasteiger partial charge is 0.0235 e. The van der Waals surface area contributed by atoms with Crippen LogP contribution < -0.4 is 0 Å². The molecule has 1 aliphatic rings. The van der Waals surface area contributed by atoms with Crippen molar-refractivity contribution in [2.45, 2.75) is 59.2 Å². The van der Waals surface area contributed by atoms with Crippen LogP contribution in [0.5, 0.6) is 0 Å². The molecule has 0 amide bonds. The molecule has 1 atom stereocenters. The number of nitrogens with zero attached hydrogens (tertiary/aromatic N) is 2. The van der Waals surface area contributed by atoms with E-state index in [1.54, 1.807) is 0 Å². The summed E-state index contributed by atoms with van der Waals surface area (Å²) in [6.07, 6.45) is 1.39. The van der Waals surface area contributed by atoms with Crippen LogP contribution in [0.1, 0.15) is 41.0 Å². The van der Waals surface area contributed by atoms with Gasteiger partial charge in [-0.1, -0.05) is 6.92 Å². The number of rotatable bonds is 5. The molecule has 1 saturated heterocycles. The molecule has 0 saturated carbocycles. The van der Waals surface area contributed by atoms with Gasteiger partial charge in [-0.3, -0.25) is 9.80 Å². The number of hydrogen-bond acceptors (Lipinski definition) is 2. The number of hydrogen-bond donors (Lipinski definition) is 0. The van der Waals surface area contributed by atoms with Gasteiger partial charge < -0.3 is 0 Å². The SMILES string of the molecule is CCN1CC[C@H]1CN(C(C)C)C(C)C. The monoisotopic (exact) mass is 198 g/mol. The van der Waals surface area contributed by atoms with Crippen molar-refractivity contribution in [3.8, 4) is 0 Å². The molecule has 14 heavy (non-hydrogen) atoms. The Hall–Kier alpha value is -0.0800. The normalized spacial score (nSPS) is 23.6. The first-order chi connectivity index (χ1) is 6.56. The van der Waals surface area contributed by atoms with Crippen LogP contribution in [0.3, 0.4) is 0 Å². The van der Waals surface area contributed by atoms with Crippen LogP contribution in [-0.4, -0.2) is 47.6 Å². The lowest BCUT2D eigenvalue weighted by atomic mass is 10.0. The van der Waals surface area contributed by atoms with E-state index in [4.69, 9.17) is 0 Å². The van der Waals surface area contributed by atoms with E-state index < -0.39 is 0 Å². The zero-order valence-corrected chi connectivity index (χ0v) is 10.5. The van der Waals surface area contributed by atoms with Crippen LogP contribution in [0, 0.1) is 0 Å². The lowest BCUT2D eigenvalue weighted by molar-refractivity contribution is 0.0397. The van der Waals surface area contributed by atoms with Crippen LogP contribution in [0.4, 0.5) is 0 Å². The molecule has 2 nitrogen and oxygen atoms in total. The molecule has 1 aliphatic heterocycles. The molecule has 0 aromatic rings. The fraction of sp³-hybridized carbons (Fsp3) is 1.00. The van der Waals surface area contributed by atoms with E-state index in [0.29, 0.717) is 12.1 Å². The minimum atomic E-state index is 0.675. The van der Waals surface area contributed by atoms with Gasteiger partial charge in [-0.25, -0.2) is 0 Å². The van der Waals surface area contributed by atoms with Crippen molar-refractivity contribution >= 4 is 0 Å². The van der Waals surface area contributed by atoms with Gasteiger partial charge in [0.05, 0.1) is 0 Å². The van der Waals surface area contributed by atoms with Crippen LogP contribution in [0.25, 0.3) is 0 Å². The topological polar surface area (TPSA) is 6.48 Å². The third-order valence-electron chi connectivity index (χ3n) is 3.42. The highest BCUT2D eigenvalue weighted by atomic mass is 15.3. The Balaban J connectivity index is 2.40. The molecule has 84 valence electrons. The van der Waals surface area contributed by atoms with Crippen LogP contribution in [0.15, 0.2) is 0 Å². The summed E-state index contributed by atoms with van der Waals surface area (Å²) in [7, 11) is 0. The molecule has 0 radical (unpaired) electrons. The molecule has 2 heteroatoms. The number of likely N-dealkylation sites (N-methyl/N-ethyl adjacent to an activating group) is 1. The first-order valence-corrected chi connectivity index (χ1v) is 6.06. The molecule has 0 aromatic carbocycles. The standard InChI is InChI=1S/C12H26N2/c1-6-13-8-7-12(13)9-14(10(2)3)11(4)5/h10-12H,6-9H2,1-5H3/t12-/m0/s1. The van der Waals surface area contributed by atoms with Gasteiger partial charge in [-0.2, -0.15) is 0 Å². The molecule has 0 aliphatic carbocycles. The fourth-order valence-electron chi connectivity index (χ4n) is 2.38. The minimum Gasteiger partial charge on any atom is -0.299 e. The second-order valence-corrected chi connectivity index (χ2v) is 4.96. The van der Waals surface area contributed by atoms with Gasteiger partial charge in [0.1, 0.15) is 0 Å². The average molecular weight is 198 g/mol. The zero-order valence-electron chi connectivity index (χ0n) is 10.5. The molecule has 1 rings (SSSR count). The van der Waals surface area contributed by atoms with Crippen LogP contribution in [-0.2, 0) is 0 Å². The molecular formula is C12H26N2. The summed E-state index contributed by atoms with van der Waals surface area (Å²) >= 11 is 0. The molecular weight excluding hydrogens is 172 g/mol. The predicted octanol–water partition coefficient (Wildman–Crippen LogP) is 2.20. The van der Waals surface area contributed by atoms with Crippen molar-refractivity contribution in [3.05, 3.63) is 0 Å². The summed E-state index contributed by atoms with van der Waals surface area (Å²) in [4.78, 5) is 5.18. The van der Waals surface area contributed by atoms with E-state index in [1.807, 2.05) is 0 Å². The molecule has 1 fully saturated rings. The van der Waals surface area contributed by atoms with Crippen molar-refractivity contribution in [1.29, 1.82) is 0 Å². The Morgan fingerprint density at radius 2 is 1.79 bits per heavy atom. The first kappa shape index (κ1) is 12.0. The van der Waals surface area contributed by atoms with Crippen molar-refractivity contribution in [2.75, 3.05) is 19.6 Å². The molecule has 1 heterocycles. The van der Waals surface area contributed by atoms with Crippen molar-refractivity contribution in [3.63, 3.8) is 0 Å². The Kier molecular flexibility index (Phi) is 4.39. The van der Waals surface area contributed by atoms with E-state index in [1.165, 1.54) is 26.1 Å². The van der Waals surface area contributed by atoms with Gasteiger partial charge in [-0.05, 0) is 40.7 Å². The van der Waals surface area contributed by atoms with Crippen molar-refractivity contribution < 1.29 is 0 Å². The Labute approximate surface area is 89.3 Å². The molecule has 0 spiro atoms. The van der Waals surface area contributed by atoms with E-state index >= 15 is 0 Å². The van der Waals surface area contributed by atoms with Gasteiger partial charge in [-0.15, -0.1) is 0 Å². The van der Waals surface area contributed by atoms with Gasteiger partial charge in [0, 0.05) is 31.2 Å². The highest BCUT2D eigenvalue weighted by Crippen LogP contribution is 2.19. The highest BCUT2D eigenvalue weighted by molar-refractivity contribution is 4.86. The second kappa shape index (κ2) is 5.13. The maximum atomic E-state index is 2.60. The van der Waals surface area contributed by atoms with E-state index in [0.717, 1.165) is 6.04 Å². The first-order valence-electron chi connectivity index (χ1n) is 6.06. The predicted molar refractivity (Wildman–Crippen MR) is 62.6 cm³/mol. The summed E-state index contributed by atoms with van der Waals surface area (Å²) in [5.41, 5.74) is 0. The minimum absolute atomic E-state index is 0.675. The van der Waals surface area contributed by atoms with E-state index in [-0.39, 0.29) is 0 Å². The number of likely N-dealkylation sites (tertiary alicyclic amines) is 1. The maximum Gasteiger partial charge on any atom is 0.0235 e. The van der Waals surface area contributed by atoms with E-state index in [2.05, 4.69) is 44.4 Å². The maximum absolute atomic E-state index is 2.60. The van der Waals surface area contributed by atoms with Gasteiger partial charge >= 0.3 is 0 Å². The van der Waals surface area contributed by atoms with E-state index in [9.17, 15) is 0 Å². The third-order valence-corrected chi connectivity index (χ3v) is 3.42. The summed E-state index contributed by atoms with van der Waals surface area (Å²) in [5, 5.41) is 0. The highest BCUT2D eigenvalue weighted by Gasteiger charge is 2.29. The third kappa shape index (κ3) is 2.71. The van der Waals surface area contributed by atoms with Gasteiger partial charge in [0.25, 0.3) is 0 Å². The Bertz CT molecular complexity index is 156. The van der Waals surface area contributed by atoms with Crippen molar-refractivity contribution in [2.24, 2.45) is 0 Å². The Morgan fingerprint density at radius 3 is 2.07 bits per heavy atom. The second-order valence-electron chi connectivity index (χ2n) is 4.96.